The molecule has 0 saturated heterocycles. The molecule has 2 rings (SSSR count). The number of aromatic nitrogens is 1. The van der Waals surface area contributed by atoms with Gasteiger partial charge in [-0.3, -0.25) is 4.79 Å². The van der Waals surface area contributed by atoms with Gasteiger partial charge in [0, 0.05) is 15.1 Å². The van der Waals surface area contributed by atoms with Gasteiger partial charge in [0.05, 0.1) is 8.66 Å². The van der Waals surface area contributed by atoms with Gasteiger partial charge in [0.1, 0.15) is 5.82 Å². The second kappa shape index (κ2) is 5.81. The van der Waals surface area contributed by atoms with Gasteiger partial charge >= 0.3 is 0 Å². The molecule has 7 heteroatoms. The number of aryl methyl sites for hydroxylation is 1. The number of amides is 1. The fourth-order valence-electron chi connectivity index (χ4n) is 1.30. The third kappa shape index (κ3) is 3.20. The molecular weight excluding hydrogens is 448 g/mol. The Hall–Kier alpha value is -0.240. The number of carbonyl (C=O) groups excluding carboxylic acids is 1. The maximum absolute atomic E-state index is 12.0. The molecule has 0 atom stereocenters. The first-order chi connectivity index (χ1) is 8.47. The van der Waals surface area contributed by atoms with Gasteiger partial charge < -0.3 is 5.32 Å². The first-order valence-electron chi connectivity index (χ1n) is 4.85. The van der Waals surface area contributed by atoms with Crippen LogP contribution in [0, 0.1) is 6.92 Å². The van der Waals surface area contributed by atoms with Gasteiger partial charge in [-0.25, -0.2) is 4.98 Å². The number of thiophene rings is 1. The highest BCUT2D eigenvalue weighted by Crippen LogP contribution is 2.32. The zero-order chi connectivity index (χ0) is 13.3. The molecular formula is C11H7Br3N2OS. The van der Waals surface area contributed by atoms with Crippen molar-refractivity contribution in [3.8, 4) is 0 Å². The molecule has 0 bridgehead atoms. The fourth-order valence-corrected chi connectivity index (χ4v) is 3.68. The number of carbonyl (C=O) groups is 1. The van der Waals surface area contributed by atoms with Crippen LogP contribution in [-0.2, 0) is 0 Å². The van der Waals surface area contributed by atoms with E-state index in [2.05, 4.69) is 58.1 Å². The highest BCUT2D eigenvalue weighted by atomic mass is 79.9. The van der Waals surface area contributed by atoms with Gasteiger partial charge in [0.2, 0.25) is 0 Å². The average Bonchev–Trinajstić information content (AvgIpc) is 2.63. The predicted octanol–water partition coefficient (Wildman–Crippen LogP) is 4.99. The Bertz CT molecular complexity index is 593. The summed E-state index contributed by atoms with van der Waals surface area (Å²) in [6, 6.07) is 3.68. The number of nitrogens with one attached hydrogen (secondary N) is 1. The van der Waals surface area contributed by atoms with Crippen LogP contribution < -0.4 is 5.32 Å². The first kappa shape index (κ1) is 14.2. The number of pyridine rings is 1. The molecule has 0 aliphatic heterocycles. The number of hydrogen-bond donors (Lipinski definition) is 1. The number of nitrogens with zero attached hydrogens (tertiary/aromatic N) is 1. The summed E-state index contributed by atoms with van der Waals surface area (Å²) < 4.78 is 2.66. The molecule has 2 aromatic rings. The van der Waals surface area contributed by atoms with Crippen LogP contribution in [0.5, 0.6) is 0 Å². The van der Waals surface area contributed by atoms with Gasteiger partial charge in [-0.2, -0.15) is 0 Å². The van der Waals surface area contributed by atoms with Gasteiger partial charge in [-0.1, -0.05) is 0 Å². The Morgan fingerprint density at radius 3 is 2.61 bits per heavy atom. The molecule has 3 nitrogen and oxygen atoms in total. The SMILES string of the molecule is Cc1cc(Br)cnc1NC(=O)c1cc(Br)c(Br)s1. The Balaban J connectivity index is 2.21. The second-order valence-corrected chi connectivity index (χ2v) is 7.65. The van der Waals surface area contributed by atoms with Crippen LogP contribution in [0.2, 0.25) is 0 Å². The summed E-state index contributed by atoms with van der Waals surface area (Å²) in [7, 11) is 0. The molecule has 0 spiro atoms. The Morgan fingerprint density at radius 1 is 1.33 bits per heavy atom. The molecule has 2 heterocycles. The lowest BCUT2D eigenvalue weighted by molar-refractivity contribution is 0.103. The van der Waals surface area contributed by atoms with E-state index in [9.17, 15) is 4.79 Å². The maximum atomic E-state index is 12.0. The van der Waals surface area contributed by atoms with Gasteiger partial charge in [-0.05, 0) is 72.4 Å². The summed E-state index contributed by atoms with van der Waals surface area (Å²) in [4.78, 5) is 16.8. The summed E-state index contributed by atoms with van der Waals surface area (Å²) in [6.45, 7) is 1.90. The second-order valence-electron chi connectivity index (χ2n) is 3.51. The van der Waals surface area contributed by atoms with Crippen molar-refractivity contribution in [2.45, 2.75) is 6.92 Å². The Labute approximate surface area is 133 Å². The van der Waals surface area contributed by atoms with Crippen molar-refractivity contribution < 1.29 is 4.79 Å². The van der Waals surface area contributed by atoms with Crippen LogP contribution in [0.25, 0.3) is 0 Å². The highest BCUT2D eigenvalue weighted by molar-refractivity contribution is 9.13. The van der Waals surface area contributed by atoms with E-state index < -0.39 is 0 Å². The molecule has 94 valence electrons. The maximum Gasteiger partial charge on any atom is 0.266 e. The average molecular weight is 455 g/mol. The van der Waals surface area contributed by atoms with E-state index in [4.69, 9.17) is 0 Å². The van der Waals surface area contributed by atoms with E-state index >= 15 is 0 Å². The molecule has 0 fully saturated rings. The van der Waals surface area contributed by atoms with Crippen LogP contribution in [-0.4, -0.2) is 10.9 Å². The third-order valence-electron chi connectivity index (χ3n) is 2.15. The van der Waals surface area contributed by atoms with Crippen molar-refractivity contribution in [3.05, 3.63) is 41.5 Å². The van der Waals surface area contributed by atoms with E-state index in [1.54, 1.807) is 12.3 Å². The molecule has 18 heavy (non-hydrogen) atoms. The molecule has 0 radical (unpaired) electrons. The Kier molecular flexibility index (Phi) is 4.58. The quantitative estimate of drug-likeness (QED) is 0.694. The van der Waals surface area contributed by atoms with Crippen molar-refractivity contribution in [2.75, 3.05) is 5.32 Å². The van der Waals surface area contributed by atoms with E-state index in [1.807, 2.05) is 13.0 Å². The normalized spacial score (nSPS) is 10.4. The van der Waals surface area contributed by atoms with Crippen LogP contribution in [0.4, 0.5) is 5.82 Å². The van der Waals surface area contributed by atoms with E-state index in [0.29, 0.717) is 10.7 Å². The smallest absolute Gasteiger partial charge is 0.266 e. The Morgan fingerprint density at radius 2 is 2.06 bits per heavy atom. The monoisotopic (exact) mass is 452 g/mol. The summed E-state index contributed by atoms with van der Waals surface area (Å²) >= 11 is 11.4. The van der Waals surface area contributed by atoms with Crippen molar-refractivity contribution in [3.63, 3.8) is 0 Å². The largest absolute Gasteiger partial charge is 0.306 e. The summed E-state index contributed by atoms with van der Waals surface area (Å²) in [5.41, 5.74) is 0.910. The molecule has 0 aliphatic carbocycles. The lowest BCUT2D eigenvalue weighted by Gasteiger charge is -2.06. The molecule has 1 N–H and O–H groups in total. The van der Waals surface area contributed by atoms with Crippen molar-refractivity contribution in [2.24, 2.45) is 0 Å². The van der Waals surface area contributed by atoms with Crippen LogP contribution in [0.15, 0.2) is 31.1 Å². The van der Waals surface area contributed by atoms with Crippen LogP contribution in [0.1, 0.15) is 15.2 Å². The summed E-state index contributed by atoms with van der Waals surface area (Å²) in [5, 5.41) is 2.79. The van der Waals surface area contributed by atoms with E-state index in [-0.39, 0.29) is 5.91 Å². The molecule has 0 saturated carbocycles. The summed E-state index contributed by atoms with van der Waals surface area (Å²) in [5.74, 6) is 0.410. The zero-order valence-electron chi connectivity index (χ0n) is 9.13. The van der Waals surface area contributed by atoms with Crippen molar-refractivity contribution in [1.82, 2.24) is 4.98 Å². The topological polar surface area (TPSA) is 42.0 Å². The van der Waals surface area contributed by atoms with E-state index in [1.165, 1.54) is 11.3 Å². The highest BCUT2D eigenvalue weighted by Gasteiger charge is 2.13. The summed E-state index contributed by atoms with van der Waals surface area (Å²) in [6.07, 6.45) is 1.66. The van der Waals surface area contributed by atoms with Gasteiger partial charge in [-0.15, -0.1) is 11.3 Å². The standard InChI is InChI=1S/C11H7Br3N2OS/c1-5-2-6(12)4-15-10(5)16-11(17)8-3-7(13)9(14)18-8/h2-4H,1H3,(H,15,16,17). The number of hydrogen-bond acceptors (Lipinski definition) is 3. The number of rotatable bonds is 2. The van der Waals surface area contributed by atoms with Crippen molar-refractivity contribution >= 4 is 70.9 Å². The third-order valence-corrected chi connectivity index (χ3v) is 5.83. The predicted molar refractivity (Wildman–Crippen MR) is 84.3 cm³/mol. The zero-order valence-corrected chi connectivity index (χ0v) is 14.7. The minimum atomic E-state index is -0.163. The minimum absolute atomic E-state index is 0.163. The van der Waals surface area contributed by atoms with Gasteiger partial charge in [0.15, 0.2) is 0 Å². The van der Waals surface area contributed by atoms with Crippen LogP contribution in [0.3, 0.4) is 0 Å². The number of halogens is 3. The lowest BCUT2D eigenvalue weighted by Crippen LogP contribution is -2.12. The molecule has 0 aliphatic rings. The molecule has 0 aromatic carbocycles. The lowest BCUT2D eigenvalue weighted by atomic mass is 10.3. The van der Waals surface area contributed by atoms with E-state index in [0.717, 1.165) is 18.3 Å². The van der Waals surface area contributed by atoms with Gasteiger partial charge in [0.25, 0.3) is 5.91 Å². The molecule has 0 unspecified atom stereocenters. The minimum Gasteiger partial charge on any atom is -0.306 e. The van der Waals surface area contributed by atoms with Crippen LogP contribution >= 0.6 is 59.1 Å². The fraction of sp³-hybridized carbons (Fsp3) is 0.0909. The molecule has 1 amide bonds. The molecule has 2 aromatic heterocycles. The first-order valence-corrected chi connectivity index (χ1v) is 8.05. The van der Waals surface area contributed by atoms with Crippen molar-refractivity contribution in [1.29, 1.82) is 0 Å². The number of anilines is 1.